The molecule has 6 nitrogen and oxygen atoms in total. The lowest BCUT2D eigenvalue weighted by Gasteiger charge is -2.09. The largest absolute Gasteiger partial charge is 0.486 e. The summed E-state index contributed by atoms with van der Waals surface area (Å²) < 4.78 is 11.5. The number of aromatic carboxylic acids is 1. The number of nitrogens with zero attached hydrogens (tertiary/aromatic N) is 1. The van der Waals surface area contributed by atoms with E-state index in [1.165, 1.54) is 18.2 Å². The molecule has 0 unspecified atom stereocenters. The van der Waals surface area contributed by atoms with Crippen LogP contribution in [0.15, 0.2) is 51.8 Å². The van der Waals surface area contributed by atoms with E-state index in [0.29, 0.717) is 17.9 Å². The van der Waals surface area contributed by atoms with E-state index in [9.17, 15) is 9.59 Å². The highest BCUT2D eigenvalue weighted by atomic mass is 16.5. The van der Waals surface area contributed by atoms with Gasteiger partial charge in [0.25, 0.3) is 0 Å². The monoisotopic (exact) mass is 365 g/mol. The van der Waals surface area contributed by atoms with Gasteiger partial charge in [0, 0.05) is 6.20 Å². The molecule has 138 valence electrons. The Bertz CT molecular complexity index is 1040. The average molecular weight is 365 g/mol. The smallest absolute Gasteiger partial charge is 0.335 e. The van der Waals surface area contributed by atoms with Crippen molar-refractivity contribution in [3.63, 3.8) is 0 Å². The zero-order valence-corrected chi connectivity index (χ0v) is 14.8. The van der Waals surface area contributed by atoms with Crippen molar-refractivity contribution in [2.75, 3.05) is 6.61 Å². The number of aromatic nitrogens is 1. The fourth-order valence-corrected chi connectivity index (χ4v) is 2.53. The van der Waals surface area contributed by atoms with Crippen molar-refractivity contribution in [1.82, 2.24) is 4.98 Å². The fraction of sp³-hybridized carbons (Fsp3) is 0.190. The first-order valence-electron chi connectivity index (χ1n) is 8.66. The van der Waals surface area contributed by atoms with Gasteiger partial charge in [0.15, 0.2) is 5.76 Å². The summed E-state index contributed by atoms with van der Waals surface area (Å²) in [7, 11) is 0. The number of hydrogen-bond acceptors (Lipinski definition) is 5. The Kier molecular flexibility index (Phi) is 5.66. The van der Waals surface area contributed by atoms with Gasteiger partial charge < -0.3 is 14.3 Å². The molecule has 0 spiro atoms. The Balaban J connectivity index is 2.10. The van der Waals surface area contributed by atoms with Crippen molar-refractivity contribution in [3.05, 3.63) is 69.8 Å². The summed E-state index contributed by atoms with van der Waals surface area (Å²) in [4.78, 5) is 28.3. The van der Waals surface area contributed by atoms with Gasteiger partial charge in [0.05, 0.1) is 23.3 Å². The quantitative estimate of drug-likeness (QED) is 0.630. The molecule has 3 rings (SSSR count). The Hall–Kier alpha value is -3.41. The molecule has 0 atom stereocenters. The molecular formula is C21H19NO5. The molecule has 0 fully saturated rings. The van der Waals surface area contributed by atoms with E-state index >= 15 is 0 Å². The molecule has 1 aromatic carbocycles. The number of benzene rings is 1. The third-order valence-electron chi connectivity index (χ3n) is 3.96. The minimum atomic E-state index is -1.11. The zero-order chi connectivity index (χ0) is 19.2. The third kappa shape index (κ3) is 4.23. The SMILES string of the molecule is CCCCOc1c(C=Cc2ccccn2)oc2ccc(C(=O)O)cc2c1=O. The van der Waals surface area contributed by atoms with Crippen molar-refractivity contribution < 1.29 is 19.1 Å². The summed E-state index contributed by atoms with van der Waals surface area (Å²) in [5.74, 6) is -0.758. The molecule has 0 aliphatic heterocycles. The number of ether oxygens (including phenoxy) is 1. The van der Waals surface area contributed by atoms with Crippen molar-refractivity contribution in [2.45, 2.75) is 19.8 Å². The number of fused-ring (bicyclic) bond motifs is 1. The Labute approximate surface area is 155 Å². The maximum Gasteiger partial charge on any atom is 0.335 e. The van der Waals surface area contributed by atoms with E-state index in [4.69, 9.17) is 14.3 Å². The molecule has 27 heavy (non-hydrogen) atoms. The van der Waals surface area contributed by atoms with Crippen molar-refractivity contribution in [1.29, 1.82) is 0 Å². The van der Waals surface area contributed by atoms with E-state index in [1.54, 1.807) is 18.3 Å². The van der Waals surface area contributed by atoms with Gasteiger partial charge in [-0.1, -0.05) is 19.4 Å². The number of carbonyl (C=O) groups is 1. The van der Waals surface area contributed by atoms with Crippen LogP contribution in [-0.4, -0.2) is 22.7 Å². The van der Waals surface area contributed by atoms with Gasteiger partial charge in [-0.25, -0.2) is 4.79 Å². The number of rotatable bonds is 7. The van der Waals surface area contributed by atoms with Crippen LogP contribution in [0.1, 0.15) is 41.6 Å². The number of unbranched alkanes of at least 4 members (excludes halogenated alkanes) is 1. The standard InChI is InChI=1S/C21H19NO5/c1-2-3-12-26-20-18(10-8-15-6-4-5-11-22-15)27-17-9-7-14(21(24)25)13-16(17)19(20)23/h4-11,13H,2-3,12H2,1H3,(H,24,25). The van der Waals surface area contributed by atoms with E-state index in [1.807, 2.05) is 25.1 Å². The van der Waals surface area contributed by atoms with Crippen LogP contribution in [-0.2, 0) is 0 Å². The molecule has 0 radical (unpaired) electrons. The number of carboxylic acids is 1. The Morgan fingerprint density at radius 3 is 2.81 bits per heavy atom. The average Bonchev–Trinajstić information content (AvgIpc) is 2.69. The predicted octanol–water partition coefficient (Wildman–Crippen LogP) is 4.24. The zero-order valence-electron chi connectivity index (χ0n) is 14.8. The first kappa shape index (κ1) is 18.4. The lowest BCUT2D eigenvalue weighted by atomic mass is 10.1. The van der Waals surface area contributed by atoms with E-state index < -0.39 is 11.4 Å². The first-order valence-corrected chi connectivity index (χ1v) is 8.66. The van der Waals surface area contributed by atoms with Crippen LogP contribution in [0.4, 0.5) is 0 Å². The van der Waals surface area contributed by atoms with Crippen LogP contribution in [0.5, 0.6) is 5.75 Å². The topological polar surface area (TPSA) is 89.6 Å². The fourth-order valence-electron chi connectivity index (χ4n) is 2.53. The maximum absolute atomic E-state index is 12.9. The van der Waals surface area contributed by atoms with Gasteiger partial charge in [-0.2, -0.15) is 0 Å². The third-order valence-corrected chi connectivity index (χ3v) is 3.96. The minimum absolute atomic E-state index is 0.0195. The Morgan fingerprint density at radius 2 is 2.11 bits per heavy atom. The summed E-state index contributed by atoms with van der Waals surface area (Å²) in [6, 6.07) is 9.68. The molecule has 0 aliphatic carbocycles. The van der Waals surface area contributed by atoms with Gasteiger partial charge in [0.1, 0.15) is 5.58 Å². The second-order valence-corrected chi connectivity index (χ2v) is 5.93. The first-order chi connectivity index (χ1) is 13.1. The molecule has 0 saturated heterocycles. The maximum atomic E-state index is 12.9. The number of carboxylic acid groups (broad SMARTS) is 1. The second kappa shape index (κ2) is 8.31. The van der Waals surface area contributed by atoms with Crippen LogP contribution >= 0.6 is 0 Å². The van der Waals surface area contributed by atoms with Crippen LogP contribution in [0, 0.1) is 0 Å². The highest BCUT2D eigenvalue weighted by molar-refractivity contribution is 5.93. The normalized spacial score (nSPS) is 11.1. The summed E-state index contributed by atoms with van der Waals surface area (Å²) in [6.07, 6.45) is 6.73. The molecular weight excluding hydrogens is 346 g/mol. The minimum Gasteiger partial charge on any atom is -0.486 e. The molecule has 2 heterocycles. The number of pyridine rings is 1. The van der Waals surface area contributed by atoms with Crippen LogP contribution in [0.25, 0.3) is 23.1 Å². The highest BCUT2D eigenvalue weighted by Gasteiger charge is 2.16. The van der Waals surface area contributed by atoms with Crippen molar-refractivity contribution in [3.8, 4) is 5.75 Å². The van der Waals surface area contributed by atoms with Gasteiger partial charge in [-0.05, 0) is 48.9 Å². The molecule has 2 aromatic heterocycles. The molecule has 0 saturated carbocycles. The highest BCUT2D eigenvalue weighted by Crippen LogP contribution is 2.24. The molecule has 0 amide bonds. The van der Waals surface area contributed by atoms with E-state index in [0.717, 1.165) is 12.8 Å². The molecule has 3 aromatic rings. The van der Waals surface area contributed by atoms with Gasteiger partial charge in [-0.15, -0.1) is 0 Å². The Morgan fingerprint density at radius 1 is 1.26 bits per heavy atom. The van der Waals surface area contributed by atoms with Crippen LogP contribution in [0.3, 0.4) is 0 Å². The van der Waals surface area contributed by atoms with Gasteiger partial charge in [-0.3, -0.25) is 9.78 Å². The number of hydrogen-bond donors (Lipinski definition) is 1. The second-order valence-electron chi connectivity index (χ2n) is 5.93. The van der Waals surface area contributed by atoms with Crippen molar-refractivity contribution in [2.24, 2.45) is 0 Å². The predicted molar refractivity (Wildman–Crippen MR) is 103 cm³/mol. The van der Waals surface area contributed by atoms with Crippen LogP contribution < -0.4 is 10.2 Å². The lowest BCUT2D eigenvalue weighted by molar-refractivity contribution is 0.0697. The molecule has 6 heteroatoms. The van der Waals surface area contributed by atoms with Crippen molar-refractivity contribution >= 4 is 29.1 Å². The lowest BCUT2D eigenvalue weighted by Crippen LogP contribution is -2.12. The van der Waals surface area contributed by atoms with Crippen LogP contribution in [0.2, 0.25) is 0 Å². The molecule has 0 bridgehead atoms. The summed E-state index contributed by atoms with van der Waals surface area (Å²) in [6.45, 7) is 2.39. The van der Waals surface area contributed by atoms with E-state index in [-0.39, 0.29) is 22.5 Å². The summed E-state index contributed by atoms with van der Waals surface area (Å²) >= 11 is 0. The van der Waals surface area contributed by atoms with E-state index in [2.05, 4.69) is 4.98 Å². The summed E-state index contributed by atoms with van der Waals surface area (Å²) in [5, 5.41) is 9.34. The van der Waals surface area contributed by atoms with Gasteiger partial charge >= 0.3 is 5.97 Å². The van der Waals surface area contributed by atoms with Gasteiger partial charge in [0.2, 0.25) is 11.2 Å². The molecule has 1 N–H and O–H groups in total. The molecule has 0 aliphatic rings. The summed E-state index contributed by atoms with van der Waals surface area (Å²) in [5.41, 5.74) is 0.636.